The smallest absolute Gasteiger partial charge is 0.217 e. The van der Waals surface area contributed by atoms with E-state index in [4.69, 9.17) is 5.73 Å². The van der Waals surface area contributed by atoms with Crippen LogP contribution in [0.4, 0.5) is 0 Å². The van der Waals surface area contributed by atoms with Gasteiger partial charge in [0.1, 0.15) is 0 Å². The number of nitrogens with one attached hydrogen (secondary N) is 1. The van der Waals surface area contributed by atoms with E-state index in [0.29, 0.717) is 18.4 Å². The van der Waals surface area contributed by atoms with Gasteiger partial charge < -0.3 is 16.0 Å². The molecule has 0 spiro atoms. The molecule has 160 valence electrons. The van der Waals surface area contributed by atoms with Crippen LogP contribution in [0, 0.1) is 5.92 Å². The van der Waals surface area contributed by atoms with Crippen LogP contribution < -0.4 is 11.1 Å². The number of hydrogen-bond donors (Lipinski definition) is 2. The van der Waals surface area contributed by atoms with Crippen LogP contribution in [0.5, 0.6) is 0 Å². The Morgan fingerprint density at radius 2 is 1.90 bits per heavy atom. The van der Waals surface area contributed by atoms with Crippen LogP contribution in [0.2, 0.25) is 0 Å². The second kappa shape index (κ2) is 10.6. The van der Waals surface area contributed by atoms with Crippen molar-refractivity contribution in [3.8, 4) is 0 Å². The van der Waals surface area contributed by atoms with Crippen LogP contribution in [0.15, 0.2) is 29.3 Å². The summed E-state index contributed by atoms with van der Waals surface area (Å²) in [4.78, 5) is 20.6. The van der Waals surface area contributed by atoms with E-state index < -0.39 is 0 Å². The van der Waals surface area contributed by atoms with Gasteiger partial charge in [0.15, 0.2) is 5.96 Å². The highest BCUT2D eigenvalue weighted by Crippen LogP contribution is 2.20. The minimum Gasteiger partial charge on any atom is -0.370 e. The van der Waals surface area contributed by atoms with Gasteiger partial charge in [-0.1, -0.05) is 30.7 Å². The van der Waals surface area contributed by atoms with E-state index >= 15 is 0 Å². The zero-order chi connectivity index (χ0) is 20.6. The molecule has 2 aliphatic rings. The quantitative estimate of drug-likeness (QED) is 0.570. The van der Waals surface area contributed by atoms with Crippen molar-refractivity contribution in [3.05, 3.63) is 35.4 Å². The van der Waals surface area contributed by atoms with Crippen molar-refractivity contribution in [2.45, 2.75) is 64.6 Å². The number of likely N-dealkylation sites (tertiary alicyclic amines) is 2. The molecule has 3 N–H and O–H groups in total. The van der Waals surface area contributed by atoms with Crippen molar-refractivity contribution in [2.75, 3.05) is 26.7 Å². The number of rotatable bonds is 6. The molecule has 2 fully saturated rings. The number of aliphatic imine (C=N–C) groups is 1. The van der Waals surface area contributed by atoms with Crippen molar-refractivity contribution in [1.29, 1.82) is 0 Å². The van der Waals surface area contributed by atoms with Gasteiger partial charge in [0.05, 0.1) is 0 Å². The fourth-order valence-electron chi connectivity index (χ4n) is 4.61. The Labute approximate surface area is 175 Å². The van der Waals surface area contributed by atoms with Gasteiger partial charge in [0.25, 0.3) is 0 Å². The molecule has 3 rings (SSSR count). The topological polar surface area (TPSA) is 74.0 Å². The van der Waals surface area contributed by atoms with Crippen LogP contribution in [0.3, 0.4) is 0 Å². The van der Waals surface area contributed by atoms with Crippen molar-refractivity contribution >= 4 is 11.9 Å². The summed E-state index contributed by atoms with van der Waals surface area (Å²) in [6.45, 7) is 7.18. The third-order valence-electron chi connectivity index (χ3n) is 6.32. The number of guanidine groups is 1. The van der Waals surface area contributed by atoms with Crippen molar-refractivity contribution in [1.82, 2.24) is 15.1 Å². The SMILES string of the molecule is CN=C(NCc1ccc(CN2CCCCC2C)cc1)N1CCCC(CC(N)=O)C1. The Morgan fingerprint density at radius 1 is 1.14 bits per heavy atom. The Bertz CT molecular complexity index is 687. The number of carbonyl (C=O) groups excluding carboxylic acids is 1. The Kier molecular flexibility index (Phi) is 7.92. The van der Waals surface area contributed by atoms with Crippen LogP contribution in [-0.4, -0.2) is 54.4 Å². The van der Waals surface area contributed by atoms with Gasteiger partial charge in [0.2, 0.25) is 5.91 Å². The molecule has 0 saturated carbocycles. The minimum atomic E-state index is -0.209. The first-order valence-electron chi connectivity index (χ1n) is 11.1. The summed E-state index contributed by atoms with van der Waals surface area (Å²) in [7, 11) is 1.82. The number of piperidine rings is 2. The first kappa shape index (κ1) is 21.6. The molecule has 1 aromatic carbocycles. The zero-order valence-electron chi connectivity index (χ0n) is 18.1. The van der Waals surface area contributed by atoms with E-state index in [1.165, 1.54) is 36.9 Å². The summed E-state index contributed by atoms with van der Waals surface area (Å²) in [5.74, 6) is 1.03. The van der Waals surface area contributed by atoms with Gasteiger partial charge in [-0.2, -0.15) is 0 Å². The third-order valence-corrected chi connectivity index (χ3v) is 6.32. The number of nitrogens with two attached hydrogens (primary N) is 1. The second-order valence-electron chi connectivity index (χ2n) is 8.66. The lowest BCUT2D eigenvalue weighted by Crippen LogP contribution is -2.46. The molecular weight excluding hydrogens is 362 g/mol. The fraction of sp³-hybridized carbons (Fsp3) is 0.652. The first-order chi connectivity index (χ1) is 14.0. The van der Waals surface area contributed by atoms with Gasteiger partial charge in [-0.25, -0.2) is 0 Å². The summed E-state index contributed by atoms with van der Waals surface area (Å²) in [6.07, 6.45) is 6.60. The molecule has 29 heavy (non-hydrogen) atoms. The summed E-state index contributed by atoms with van der Waals surface area (Å²) < 4.78 is 0. The van der Waals surface area contributed by atoms with Gasteiger partial charge in [-0.3, -0.25) is 14.7 Å². The number of amides is 1. The molecule has 6 heteroatoms. The van der Waals surface area contributed by atoms with Crippen LogP contribution in [-0.2, 0) is 17.9 Å². The maximum absolute atomic E-state index is 11.3. The molecule has 0 aliphatic carbocycles. The van der Waals surface area contributed by atoms with E-state index in [0.717, 1.165) is 45.0 Å². The van der Waals surface area contributed by atoms with Crippen LogP contribution >= 0.6 is 0 Å². The van der Waals surface area contributed by atoms with Gasteiger partial charge in [0, 0.05) is 45.7 Å². The maximum atomic E-state index is 11.3. The minimum absolute atomic E-state index is 0.209. The average molecular weight is 400 g/mol. The van der Waals surface area contributed by atoms with E-state index in [9.17, 15) is 4.79 Å². The lowest BCUT2D eigenvalue weighted by molar-refractivity contribution is -0.119. The van der Waals surface area contributed by atoms with Gasteiger partial charge in [-0.05, 0) is 56.2 Å². The average Bonchev–Trinajstić information content (AvgIpc) is 2.71. The normalized spacial score (nSPS) is 23.8. The fourth-order valence-corrected chi connectivity index (χ4v) is 4.61. The highest BCUT2D eigenvalue weighted by atomic mass is 16.1. The molecule has 2 heterocycles. The molecule has 1 aromatic rings. The Balaban J connectivity index is 1.50. The predicted octanol–water partition coefficient (Wildman–Crippen LogP) is 2.72. The van der Waals surface area contributed by atoms with E-state index in [2.05, 4.69) is 51.3 Å². The number of carbonyl (C=O) groups is 1. The molecule has 1 amide bonds. The van der Waals surface area contributed by atoms with Crippen LogP contribution in [0.25, 0.3) is 0 Å². The molecule has 2 saturated heterocycles. The standard InChI is InChI=1S/C23H37N5O/c1-18-6-3-4-12-27(18)16-20-10-8-19(9-11-20)15-26-23(25-2)28-13-5-7-21(17-28)14-22(24)29/h8-11,18,21H,3-7,12-17H2,1-2H3,(H2,24,29)(H,25,26). The van der Waals surface area contributed by atoms with Crippen molar-refractivity contribution in [3.63, 3.8) is 0 Å². The number of primary amides is 1. The molecule has 6 nitrogen and oxygen atoms in total. The summed E-state index contributed by atoms with van der Waals surface area (Å²) >= 11 is 0. The zero-order valence-corrected chi connectivity index (χ0v) is 18.1. The monoisotopic (exact) mass is 399 g/mol. The second-order valence-corrected chi connectivity index (χ2v) is 8.66. The number of hydrogen-bond acceptors (Lipinski definition) is 3. The number of benzene rings is 1. The largest absolute Gasteiger partial charge is 0.370 e. The van der Waals surface area contributed by atoms with Gasteiger partial charge >= 0.3 is 0 Å². The van der Waals surface area contributed by atoms with Crippen LogP contribution in [0.1, 0.15) is 56.6 Å². The van der Waals surface area contributed by atoms with Crippen molar-refractivity contribution in [2.24, 2.45) is 16.6 Å². The third kappa shape index (κ3) is 6.46. The molecule has 2 aliphatic heterocycles. The van der Waals surface area contributed by atoms with Crippen molar-refractivity contribution < 1.29 is 4.79 Å². The van der Waals surface area contributed by atoms with E-state index in [1.54, 1.807) is 0 Å². The molecule has 2 unspecified atom stereocenters. The van der Waals surface area contributed by atoms with Gasteiger partial charge in [-0.15, -0.1) is 0 Å². The Hall–Kier alpha value is -2.08. The highest BCUT2D eigenvalue weighted by Gasteiger charge is 2.23. The molecule has 0 bridgehead atoms. The molecule has 0 aromatic heterocycles. The lowest BCUT2D eigenvalue weighted by atomic mass is 9.95. The van der Waals surface area contributed by atoms with E-state index in [-0.39, 0.29) is 5.91 Å². The predicted molar refractivity (Wildman–Crippen MR) is 118 cm³/mol. The molecule has 2 atom stereocenters. The number of nitrogens with zero attached hydrogens (tertiary/aromatic N) is 3. The maximum Gasteiger partial charge on any atom is 0.217 e. The Morgan fingerprint density at radius 3 is 2.59 bits per heavy atom. The van der Waals surface area contributed by atoms with E-state index in [1.807, 2.05) is 7.05 Å². The summed E-state index contributed by atoms with van der Waals surface area (Å²) in [5.41, 5.74) is 8.03. The summed E-state index contributed by atoms with van der Waals surface area (Å²) in [5, 5.41) is 3.49. The molecular formula is C23H37N5O. The molecule has 0 radical (unpaired) electrons. The first-order valence-corrected chi connectivity index (χ1v) is 11.1. The lowest BCUT2D eigenvalue weighted by Gasteiger charge is -2.34. The summed E-state index contributed by atoms with van der Waals surface area (Å²) in [6, 6.07) is 9.64. The highest BCUT2D eigenvalue weighted by molar-refractivity contribution is 5.80.